The van der Waals surface area contributed by atoms with Crippen LogP contribution in [0.1, 0.15) is 52.9 Å². The lowest BCUT2D eigenvalue weighted by atomic mass is 9.72. The van der Waals surface area contributed by atoms with Crippen LogP contribution in [0.5, 0.6) is 5.75 Å². The topological polar surface area (TPSA) is 48.2 Å². The maximum absolute atomic E-state index is 6.27. The first-order valence-corrected chi connectivity index (χ1v) is 15.4. The minimum absolute atomic E-state index is 0.0493. The number of benzene rings is 3. The van der Waals surface area contributed by atoms with Gasteiger partial charge in [0.2, 0.25) is 0 Å². The molecule has 41 heavy (non-hydrogen) atoms. The Morgan fingerprint density at radius 1 is 0.878 bits per heavy atom. The highest BCUT2D eigenvalue weighted by Gasteiger charge is 2.78. The number of ether oxygens (including phenoxy) is 1. The number of rotatable bonds is 2. The van der Waals surface area contributed by atoms with Crippen LogP contribution in [0.4, 0.5) is 0 Å². The number of furan rings is 1. The van der Waals surface area contributed by atoms with E-state index in [1.165, 1.54) is 44.3 Å². The van der Waals surface area contributed by atoms with Crippen molar-refractivity contribution in [3.8, 4) is 16.2 Å². The lowest BCUT2D eigenvalue weighted by Gasteiger charge is -2.33. The fourth-order valence-electron chi connectivity index (χ4n) is 8.68. The molecule has 3 aromatic carbocycles. The highest BCUT2D eigenvalue weighted by atomic mass is 32.1. The van der Waals surface area contributed by atoms with Crippen LogP contribution in [0.25, 0.3) is 49.0 Å². The molecule has 6 atom stereocenters. The zero-order valence-corrected chi connectivity index (χ0v) is 23.1. The van der Waals surface area contributed by atoms with Crippen LogP contribution in [0.3, 0.4) is 0 Å². The molecule has 2 saturated carbocycles. The van der Waals surface area contributed by atoms with Gasteiger partial charge in [-0.05, 0) is 65.3 Å². The molecule has 5 aliphatic rings. The van der Waals surface area contributed by atoms with E-state index in [0.29, 0.717) is 17.3 Å². The van der Waals surface area contributed by atoms with Crippen LogP contribution in [0.2, 0.25) is 0 Å². The monoisotopic (exact) mass is 548 g/mol. The molecule has 1 aliphatic heterocycles. The quantitative estimate of drug-likeness (QED) is 0.217. The van der Waals surface area contributed by atoms with E-state index < -0.39 is 0 Å². The van der Waals surface area contributed by atoms with Crippen LogP contribution in [-0.4, -0.2) is 16.1 Å². The Kier molecular flexibility index (Phi) is 3.66. The van der Waals surface area contributed by atoms with E-state index in [4.69, 9.17) is 19.1 Å². The van der Waals surface area contributed by atoms with Gasteiger partial charge in [0.15, 0.2) is 0 Å². The predicted molar refractivity (Wildman–Crippen MR) is 163 cm³/mol. The van der Waals surface area contributed by atoms with Gasteiger partial charge in [-0.3, -0.25) is 0 Å². The average molecular weight is 549 g/mol. The Balaban J connectivity index is 1.14. The molecular formula is C36H24N2O2S. The second-order valence-corrected chi connectivity index (χ2v) is 13.7. The van der Waals surface area contributed by atoms with Crippen LogP contribution in [0, 0.1) is 11.3 Å². The molecule has 4 aliphatic carbocycles. The van der Waals surface area contributed by atoms with Gasteiger partial charge < -0.3 is 9.15 Å². The summed E-state index contributed by atoms with van der Waals surface area (Å²) in [5, 5.41) is 2.29. The summed E-state index contributed by atoms with van der Waals surface area (Å²) in [4.78, 5) is 13.3. The first-order chi connectivity index (χ1) is 20.2. The Morgan fingerprint density at radius 3 is 2.68 bits per heavy atom. The summed E-state index contributed by atoms with van der Waals surface area (Å²) in [6.45, 7) is 2.45. The summed E-state index contributed by atoms with van der Waals surface area (Å²) in [5.41, 5.74) is 10.6. The number of aromatic nitrogens is 2. The zero-order valence-electron chi connectivity index (χ0n) is 22.3. The largest absolute Gasteiger partial charge is 0.485 e. The van der Waals surface area contributed by atoms with Gasteiger partial charge in [-0.25, -0.2) is 9.97 Å². The van der Waals surface area contributed by atoms with Crippen molar-refractivity contribution in [3.63, 3.8) is 0 Å². The minimum atomic E-state index is 0.0493. The van der Waals surface area contributed by atoms with Gasteiger partial charge in [0.05, 0.1) is 21.1 Å². The number of para-hydroxylation sites is 2. The van der Waals surface area contributed by atoms with Crippen molar-refractivity contribution in [2.24, 2.45) is 11.3 Å². The molecule has 5 heteroatoms. The van der Waals surface area contributed by atoms with Gasteiger partial charge in [-0.2, -0.15) is 0 Å². The van der Waals surface area contributed by atoms with Gasteiger partial charge in [0.1, 0.15) is 34.1 Å². The van der Waals surface area contributed by atoms with E-state index in [9.17, 15) is 0 Å². The molecule has 0 saturated heterocycles. The Bertz CT molecular complexity index is 2240. The Hall–Kier alpha value is -4.22. The number of fused-ring (bicyclic) bond motifs is 11. The molecule has 0 amide bonds. The van der Waals surface area contributed by atoms with Crippen LogP contribution in [0.15, 0.2) is 89.4 Å². The number of thiophene rings is 1. The third-order valence-electron chi connectivity index (χ3n) is 10.7. The minimum Gasteiger partial charge on any atom is -0.485 e. The fraction of sp³-hybridized carbons (Fsp3) is 0.222. The van der Waals surface area contributed by atoms with Crippen molar-refractivity contribution < 1.29 is 9.15 Å². The second-order valence-electron chi connectivity index (χ2n) is 12.7. The first-order valence-electron chi connectivity index (χ1n) is 14.6. The second kappa shape index (κ2) is 6.97. The third kappa shape index (κ3) is 2.54. The average Bonchev–Trinajstić information content (AvgIpc) is 3.54. The molecule has 6 aromatic rings. The Labute approximate surface area is 240 Å². The molecule has 4 heterocycles. The third-order valence-corrected chi connectivity index (χ3v) is 11.9. The van der Waals surface area contributed by atoms with Gasteiger partial charge in [0, 0.05) is 34.1 Å². The van der Waals surface area contributed by atoms with E-state index in [0.717, 1.165) is 44.6 Å². The summed E-state index contributed by atoms with van der Waals surface area (Å²) in [6.07, 6.45) is 8.18. The molecule has 4 nitrogen and oxygen atoms in total. The molecule has 11 rings (SSSR count). The van der Waals surface area contributed by atoms with Crippen LogP contribution >= 0.6 is 11.3 Å². The number of nitrogens with zero attached hydrogens (tertiary/aromatic N) is 2. The van der Waals surface area contributed by atoms with Crippen molar-refractivity contribution in [3.05, 3.63) is 107 Å². The number of hydrogen-bond acceptors (Lipinski definition) is 5. The molecule has 2 fully saturated rings. The van der Waals surface area contributed by atoms with Crippen molar-refractivity contribution in [2.45, 2.75) is 37.2 Å². The van der Waals surface area contributed by atoms with Crippen molar-refractivity contribution in [2.75, 3.05) is 0 Å². The highest BCUT2D eigenvalue weighted by molar-refractivity contribution is 7.18. The van der Waals surface area contributed by atoms with E-state index in [1.807, 2.05) is 23.5 Å². The van der Waals surface area contributed by atoms with Crippen LogP contribution < -0.4 is 4.74 Å². The molecule has 196 valence electrons. The van der Waals surface area contributed by atoms with Crippen LogP contribution in [-0.2, 0) is 0 Å². The molecule has 0 N–H and O–H groups in total. The van der Waals surface area contributed by atoms with E-state index in [2.05, 4.69) is 79.7 Å². The van der Waals surface area contributed by atoms with Crippen molar-refractivity contribution in [1.29, 1.82) is 0 Å². The smallest absolute Gasteiger partial charge is 0.135 e. The maximum Gasteiger partial charge on any atom is 0.135 e. The molecule has 0 radical (unpaired) electrons. The predicted octanol–water partition coefficient (Wildman–Crippen LogP) is 8.98. The summed E-state index contributed by atoms with van der Waals surface area (Å²) in [6, 6.07) is 23.3. The summed E-state index contributed by atoms with van der Waals surface area (Å²) in [5.74, 6) is 3.15. The van der Waals surface area contributed by atoms with Crippen molar-refractivity contribution in [1.82, 2.24) is 9.97 Å². The van der Waals surface area contributed by atoms with Gasteiger partial charge in [-0.15, -0.1) is 11.3 Å². The lowest BCUT2D eigenvalue weighted by molar-refractivity contribution is 0.258. The SMILES string of the molecule is CC12CC3c4nc5c(-c6ccc7oc8ccccc8c7c6)sc(C6=CC7c8ccccc8OC7C=C6)c5nc4C1C32. The number of allylic oxidation sites excluding steroid dienone is 2. The van der Waals surface area contributed by atoms with Gasteiger partial charge >= 0.3 is 0 Å². The summed E-state index contributed by atoms with van der Waals surface area (Å²) >= 11 is 1.83. The fourth-order valence-corrected chi connectivity index (χ4v) is 9.87. The Morgan fingerprint density at radius 2 is 1.71 bits per heavy atom. The molecule has 0 spiro atoms. The molecular weight excluding hydrogens is 524 g/mol. The summed E-state index contributed by atoms with van der Waals surface area (Å²) in [7, 11) is 0. The van der Waals surface area contributed by atoms with Gasteiger partial charge in [0.25, 0.3) is 0 Å². The highest BCUT2D eigenvalue weighted by Crippen LogP contribution is 2.86. The van der Waals surface area contributed by atoms with E-state index >= 15 is 0 Å². The van der Waals surface area contributed by atoms with E-state index in [-0.39, 0.29) is 12.0 Å². The summed E-state index contributed by atoms with van der Waals surface area (Å²) < 4.78 is 12.4. The normalized spacial score (nSPS) is 29.6. The zero-order chi connectivity index (χ0) is 26.6. The molecule has 3 aromatic heterocycles. The lowest BCUT2D eigenvalue weighted by Crippen LogP contribution is -2.25. The molecule has 6 unspecified atom stereocenters. The first kappa shape index (κ1) is 21.5. The maximum atomic E-state index is 6.27. The number of hydrogen-bond donors (Lipinski definition) is 0. The van der Waals surface area contributed by atoms with E-state index in [1.54, 1.807) is 0 Å². The van der Waals surface area contributed by atoms with Crippen molar-refractivity contribution >= 4 is 49.9 Å². The molecule has 0 bridgehead atoms. The standard InChI is InChI=1S/C36H24N2O2S/c1-36-16-23-28(36)29(36)31-30(23)37-32-33(38-31)35(18-11-13-27-22(15-18)20-7-3-5-9-25(20)40-27)41-34(32)17-10-12-26-21(14-17)19-6-2-4-8-24(19)39-26/h2-15,22-23,27-29H,16H2,1H3. The van der Waals surface area contributed by atoms with Gasteiger partial charge in [-0.1, -0.05) is 55.5 Å².